The number of fused-ring (bicyclic) bond motifs is 1. The molecule has 0 unspecified atom stereocenters. The Hall–Kier alpha value is -1.91. The van der Waals surface area contributed by atoms with Crippen LogP contribution in [0.25, 0.3) is 10.1 Å². The van der Waals surface area contributed by atoms with Gasteiger partial charge in [0.05, 0.1) is 11.9 Å². The molecular formula is C16H16N2OS. The molecule has 0 saturated heterocycles. The summed E-state index contributed by atoms with van der Waals surface area (Å²) in [6.07, 6.45) is 1.78. The lowest BCUT2D eigenvalue weighted by Crippen LogP contribution is -2.06. The molecule has 20 heavy (non-hydrogen) atoms. The van der Waals surface area contributed by atoms with Crippen molar-refractivity contribution < 1.29 is 4.74 Å². The highest BCUT2D eigenvalue weighted by atomic mass is 32.1. The highest BCUT2D eigenvalue weighted by molar-refractivity contribution is 7.17. The Balaban J connectivity index is 1.69. The van der Waals surface area contributed by atoms with Crippen LogP contribution >= 0.6 is 11.3 Å². The number of thiophene rings is 1. The van der Waals surface area contributed by atoms with E-state index in [4.69, 9.17) is 4.74 Å². The highest BCUT2D eigenvalue weighted by Gasteiger charge is 2.04. The summed E-state index contributed by atoms with van der Waals surface area (Å²) in [6, 6.07) is 12.3. The Morgan fingerprint density at radius 1 is 1.20 bits per heavy atom. The van der Waals surface area contributed by atoms with Gasteiger partial charge < -0.3 is 10.1 Å². The molecular weight excluding hydrogens is 268 g/mol. The second-order valence-corrected chi connectivity index (χ2v) is 5.47. The zero-order valence-corrected chi connectivity index (χ0v) is 12.1. The van der Waals surface area contributed by atoms with E-state index >= 15 is 0 Å². The summed E-state index contributed by atoms with van der Waals surface area (Å²) in [5.41, 5.74) is 2.24. The molecule has 2 heterocycles. The van der Waals surface area contributed by atoms with Gasteiger partial charge in [-0.25, -0.2) is 0 Å². The predicted molar refractivity (Wildman–Crippen MR) is 83.2 cm³/mol. The Morgan fingerprint density at radius 2 is 2.10 bits per heavy atom. The fourth-order valence-electron chi connectivity index (χ4n) is 2.09. The van der Waals surface area contributed by atoms with Gasteiger partial charge in [0.25, 0.3) is 0 Å². The van der Waals surface area contributed by atoms with Crippen LogP contribution in [0.1, 0.15) is 11.3 Å². The Kier molecular flexibility index (Phi) is 3.95. The number of benzene rings is 1. The predicted octanol–water partition coefficient (Wildman–Crippen LogP) is 3.59. The second-order valence-electron chi connectivity index (χ2n) is 4.56. The van der Waals surface area contributed by atoms with Crippen molar-refractivity contribution in [3.8, 4) is 5.75 Å². The fourth-order valence-corrected chi connectivity index (χ4v) is 3.04. The molecule has 1 N–H and O–H groups in total. The van der Waals surface area contributed by atoms with E-state index in [0.717, 1.165) is 18.0 Å². The maximum absolute atomic E-state index is 5.82. The molecule has 0 spiro atoms. The number of aromatic nitrogens is 1. The third kappa shape index (κ3) is 2.81. The maximum atomic E-state index is 5.82. The standard InChI is InChI=1S/C16H16N2OS/c1-17-8-13-6-7-14(9-18-13)19-10-12-11-20-16-5-3-2-4-15(12)16/h2-7,9,11,17H,8,10H2,1H3. The van der Waals surface area contributed by atoms with Crippen LogP contribution in [0.15, 0.2) is 48.0 Å². The van der Waals surface area contributed by atoms with Crippen LogP contribution in [0.2, 0.25) is 0 Å². The Labute approximate surface area is 122 Å². The summed E-state index contributed by atoms with van der Waals surface area (Å²) in [4.78, 5) is 4.35. The second kappa shape index (κ2) is 6.03. The molecule has 0 aliphatic carbocycles. The Bertz CT molecular complexity index is 691. The van der Waals surface area contributed by atoms with E-state index in [9.17, 15) is 0 Å². The molecule has 0 amide bonds. The average molecular weight is 284 g/mol. The zero-order chi connectivity index (χ0) is 13.8. The summed E-state index contributed by atoms with van der Waals surface area (Å²) in [6.45, 7) is 1.35. The van der Waals surface area contributed by atoms with Gasteiger partial charge in [-0.3, -0.25) is 4.98 Å². The third-order valence-corrected chi connectivity index (χ3v) is 4.12. The first-order valence-electron chi connectivity index (χ1n) is 6.54. The first-order valence-corrected chi connectivity index (χ1v) is 7.42. The van der Waals surface area contributed by atoms with E-state index in [0.29, 0.717) is 6.61 Å². The molecule has 102 valence electrons. The van der Waals surface area contributed by atoms with Crippen molar-refractivity contribution in [3.05, 3.63) is 59.2 Å². The normalized spacial score (nSPS) is 10.8. The van der Waals surface area contributed by atoms with Gasteiger partial charge in [0, 0.05) is 16.8 Å². The number of pyridine rings is 1. The van der Waals surface area contributed by atoms with Crippen molar-refractivity contribution in [2.24, 2.45) is 0 Å². The highest BCUT2D eigenvalue weighted by Crippen LogP contribution is 2.26. The molecule has 3 nitrogen and oxygen atoms in total. The minimum absolute atomic E-state index is 0.580. The van der Waals surface area contributed by atoms with Crippen molar-refractivity contribution in [1.29, 1.82) is 0 Å². The number of hydrogen-bond donors (Lipinski definition) is 1. The van der Waals surface area contributed by atoms with Gasteiger partial charge in [-0.1, -0.05) is 18.2 Å². The molecule has 3 rings (SSSR count). The first-order chi connectivity index (χ1) is 9.86. The van der Waals surface area contributed by atoms with Crippen LogP contribution in [-0.4, -0.2) is 12.0 Å². The Morgan fingerprint density at radius 3 is 2.90 bits per heavy atom. The molecule has 0 aliphatic rings. The van der Waals surface area contributed by atoms with Gasteiger partial charge in [0.1, 0.15) is 12.4 Å². The maximum Gasteiger partial charge on any atom is 0.138 e. The van der Waals surface area contributed by atoms with Gasteiger partial charge in [-0.2, -0.15) is 0 Å². The van der Waals surface area contributed by atoms with Crippen molar-refractivity contribution in [2.75, 3.05) is 7.05 Å². The van der Waals surface area contributed by atoms with E-state index in [1.54, 1.807) is 17.5 Å². The van der Waals surface area contributed by atoms with Crippen molar-refractivity contribution >= 4 is 21.4 Å². The number of ether oxygens (including phenoxy) is 1. The molecule has 2 aromatic heterocycles. The molecule has 0 radical (unpaired) electrons. The summed E-state index contributed by atoms with van der Waals surface area (Å²) in [7, 11) is 1.91. The quantitative estimate of drug-likeness (QED) is 0.777. The van der Waals surface area contributed by atoms with Crippen LogP contribution in [0, 0.1) is 0 Å². The van der Waals surface area contributed by atoms with E-state index in [2.05, 4.69) is 39.9 Å². The number of hydrogen-bond acceptors (Lipinski definition) is 4. The molecule has 0 saturated carbocycles. The summed E-state index contributed by atoms with van der Waals surface area (Å²) >= 11 is 1.75. The molecule has 0 aliphatic heterocycles. The van der Waals surface area contributed by atoms with Crippen LogP contribution in [0.5, 0.6) is 5.75 Å². The van der Waals surface area contributed by atoms with Gasteiger partial charge in [0.15, 0.2) is 0 Å². The lowest BCUT2D eigenvalue weighted by atomic mass is 10.2. The fraction of sp³-hybridized carbons (Fsp3) is 0.188. The largest absolute Gasteiger partial charge is 0.487 e. The number of nitrogens with one attached hydrogen (secondary N) is 1. The zero-order valence-electron chi connectivity index (χ0n) is 11.3. The van der Waals surface area contributed by atoms with E-state index < -0.39 is 0 Å². The lowest BCUT2D eigenvalue weighted by molar-refractivity contribution is 0.306. The number of nitrogens with zero attached hydrogens (tertiary/aromatic N) is 1. The van der Waals surface area contributed by atoms with Crippen LogP contribution in [0.4, 0.5) is 0 Å². The van der Waals surface area contributed by atoms with Crippen LogP contribution in [-0.2, 0) is 13.2 Å². The average Bonchev–Trinajstić information content (AvgIpc) is 2.90. The van der Waals surface area contributed by atoms with Crippen molar-refractivity contribution in [3.63, 3.8) is 0 Å². The molecule has 1 aromatic carbocycles. The monoisotopic (exact) mass is 284 g/mol. The van der Waals surface area contributed by atoms with Crippen LogP contribution < -0.4 is 10.1 Å². The third-order valence-electron chi connectivity index (χ3n) is 3.11. The SMILES string of the molecule is CNCc1ccc(OCc2csc3ccccc23)cn1. The lowest BCUT2D eigenvalue weighted by Gasteiger charge is -2.06. The molecule has 0 fully saturated rings. The summed E-state index contributed by atoms with van der Waals surface area (Å²) in [5, 5.41) is 6.51. The van der Waals surface area contributed by atoms with E-state index in [-0.39, 0.29) is 0 Å². The van der Waals surface area contributed by atoms with Crippen LogP contribution in [0.3, 0.4) is 0 Å². The minimum Gasteiger partial charge on any atom is -0.487 e. The summed E-state index contributed by atoms with van der Waals surface area (Å²) in [5.74, 6) is 0.806. The molecule has 0 atom stereocenters. The van der Waals surface area contributed by atoms with Gasteiger partial charge in [-0.05, 0) is 36.0 Å². The van der Waals surface area contributed by atoms with E-state index in [1.165, 1.54) is 15.6 Å². The van der Waals surface area contributed by atoms with Crippen molar-refractivity contribution in [1.82, 2.24) is 10.3 Å². The molecule has 3 aromatic rings. The van der Waals surface area contributed by atoms with E-state index in [1.807, 2.05) is 19.2 Å². The minimum atomic E-state index is 0.580. The smallest absolute Gasteiger partial charge is 0.138 e. The summed E-state index contributed by atoms with van der Waals surface area (Å²) < 4.78 is 7.12. The van der Waals surface area contributed by atoms with Gasteiger partial charge in [0.2, 0.25) is 0 Å². The number of rotatable bonds is 5. The molecule has 0 bridgehead atoms. The topological polar surface area (TPSA) is 34.1 Å². The van der Waals surface area contributed by atoms with Crippen molar-refractivity contribution in [2.45, 2.75) is 13.2 Å². The van der Waals surface area contributed by atoms with Gasteiger partial charge >= 0.3 is 0 Å². The first kappa shape index (κ1) is 13.1. The van der Waals surface area contributed by atoms with Gasteiger partial charge in [-0.15, -0.1) is 11.3 Å². The molecule has 4 heteroatoms.